The van der Waals surface area contributed by atoms with Gasteiger partial charge >= 0.3 is 0 Å². The van der Waals surface area contributed by atoms with Gasteiger partial charge < -0.3 is 5.32 Å². The molecule has 0 aromatic heterocycles. The summed E-state index contributed by atoms with van der Waals surface area (Å²) in [4.78, 5) is 0. The predicted octanol–water partition coefficient (Wildman–Crippen LogP) is 1.00. The molecule has 1 heteroatoms. The van der Waals surface area contributed by atoms with Crippen LogP contribution in [0.3, 0.4) is 0 Å². The van der Waals surface area contributed by atoms with Crippen LogP contribution in [0.5, 0.6) is 0 Å². The molecule has 0 aromatic carbocycles. The molecule has 0 bridgehead atoms. The molecule has 2 fully saturated rings. The van der Waals surface area contributed by atoms with Crippen molar-refractivity contribution in [1.29, 1.82) is 0 Å². The zero-order chi connectivity index (χ0) is 5.72. The number of fused-ring (bicyclic) bond motifs is 1. The van der Waals surface area contributed by atoms with Crippen molar-refractivity contribution in [2.75, 3.05) is 0 Å². The molecule has 3 unspecified atom stereocenters. The standard InChI is InChI=1S/C7H13N/c1-4-3-6-5(2)7(6)8-4/h4-8H,3H2,1-2H3/t4-,5?,6?,7?/m1/s1. The zero-order valence-electron chi connectivity index (χ0n) is 5.52. The van der Waals surface area contributed by atoms with E-state index in [1.807, 2.05) is 0 Å². The van der Waals surface area contributed by atoms with Crippen molar-refractivity contribution in [3.05, 3.63) is 0 Å². The first-order chi connectivity index (χ1) is 3.79. The molecule has 0 spiro atoms. The fourth-order valence-corrected chi connectivity index (χ4v) is 1.99. The SMILES string of the molecule is CC1C2C[C@@H](C)NC12. The molecule has 2 rings (SSSR count). The summed E-state index contributed by atoms with van der Waals surface area (Å²) >= 11 is 0. The Morgan fingerprint density at radius 2 is 2.12 bits per heavy atom. The van der Waals surface area contributed by atoms with Crippen molar-refractivity contribution in [1.82, 2.24) is 5.32 Å². The highest BCUT2D eigenvalue weighted by molar-refractivity contribution is 5.07. The molecular formula is C7H13N. The molecule has 1 nitrogen and oxygen atoms in total. The first-order valence-corrected chi connectivity index (χ1v) is 3.55. The van der Waals surface area contributed by atoms with Gasteiger partial charge in [-0.3, -0.25) is 0 Å². The molecule has 1 aliphatic carbocycles. The van der Waals surface area contributed by atoms with Crippen molar-refractivity contribution < 1.29 is 0 Å². The normalized spacial score (nSPS) is 60.8. The van der Waals surface area contributed by atoms with Crippen molar-refractivity contribution >= 4 is 0 Å². The van der Waals surface area contributed by atoms with E-state index in [0.717, 1.165) is 23.9 Å². The summed E-state index contributed by atoms with van der Waals surface area (Å²) in [6, 6.07) is 1.71. The highest BCUT2D eigenvalue weighted by Crippen LogP contribution is 2.46. The van der Waals surface area contributed by atoms with Crippen LogP contribution in [0.2, 0.25) is 0 Å². The third kappa shape index (κ3) is 0.455. The molecule has 2 aliphatic rings. The molecular weight excluding hydrogens is 98.1 g/mol. The lowest BCUT2D eigenvalue weighted by atomic mass is 10.2. The van der Waals surface area contributed by atoms with Gasteiger partial charge in [-0.2, -0.15) is 0 Å². The van der Waals surface area contributed by atoms with Gasteiger partial charge in [0.25, 0.3) is 0 Å². The molecule has 1 heterocycles. The van der Waals surface area contributed by atoms with Gasteiger partial charge in [-0.05, 0) is 25.2 Å². The van der Waals surface area contributed by atoms with Gasteiger partial charge in [0, 0.05) is 12.1 Å². The second kappa shape index (κ2) is 1.27. The highest BCUT2D eigenvalue weighted by atomic mass is 15.1. The lowest BCUT2D eigenvalue weighted by molar-refractivity contribution is 0.529. The summed E-state index contributed by atoms with van der Waals surface area (Å²) in [5.41, 5.74) is 0. The monoisotopic (exact) mass is 111 g/mol. The van der Waals surface area contributed by atoms with Crippen LogP contribution in [0.15, 0.2) is 0 Å². The Balaban J connectivity index is 2.00. The third-order valence-electron chi connectivity index (χ3n) is 2.66. The van der Waals surface area contributed by atoms with E-state index in [-0.39, 0.29) is 0 Å². The summed E-state index contributed by atoms with van der Waals surface area (Å²) in [7, 11) is 0. The van der Waals surface area contributed by atoms with Crippen molar-refractivity contribution in [3.8, 4) is 0 Å². The first kappa shape index (κ1) is 4.80. The summed E-state index contributed by atoms with van der Waals surface area (Å²) < 4.78 is 0. The van der Waals surface area contributed by atoms with E-state index < -0.39 is 0 Å². The molecule has 0 radical (unpaired) electrons. The topological polar surface area (TPSA) is 12.0 Å². The number of nitrogens with one attached hydrogen (secondary N) is 1. The second-order valence-corrected chi connectivity index (χ2v) is 3.35. The fraction of sp³-hybridized carbons (Fsp3) is 1.00. The maximum absolute atomic E-state index is 3.54. The van der Waals surface area contributed by atoms with E-state index >= 15 is 0 Å². The van der Waals surface area contributed by atoms with Gasteiger partial charge in [-0.15, -0.1) is 0 Å². The van der Waals surface area contributed by atoms with Gasteiger partial charge in [0.1, 0.15) is 0 Å². The Morgan fingerprint density at radius 3 is 2.50 bits per heavy atom. The van der Waals surface area contributed by atoms with Gasteiger partial charge in [-0.25, -0.2) is 0 Å². The van der Waals surface area contributed by atoms with Crippen LogP contribution in [0.25, 0.3) is 0 Å². The smallest absolute Gasteiger partial charge is 0.0130 e. The molecule has 1 N–H and O–H groups in total. The molecule has 0 amide bonds. The van der Waals surface area contributed by atoms with Gasteiger partial charge in [0.2, 0.25) is 0 Å². The maximum atomic E-state index is 3.54. The summed E-state index contributed by atoms with van der Waals surface area (Å²) in [5.74, 6) is 2.04. The van der Waals surface area contributed by atoms with Crippen LogP contribution in [-0.2, 0) is 0 Å². The molecule has 1 saturated carbocycles. The van der Waals surface area contributed by atoms with Crippen molar-refractivity contribution in [3.63, 3.8) is 0 Å². The Morgan fingerprint density at radius 1 is 1.38 bits per heavy atom. The van der Waals surface area contributed by atoms with Crippen molar-refractivity contribution in [2.24, 2.45) is 11.8 Å². The van der Waals surface area contributed by atoms with Gasteiger partial charge in [0.15, 0.2) is 0 Å². The maximum Gasteiger partial charge on any atom is 0.0130 e. The van der Waals surface area contributed by atoms with E-state index in [1.165, 1.54) is 6.42 Å². The quantitative estimate of drug-likeness (QED) is 0.492. The number of hydrogen-bond acceptors (Lipinski definition) is 1. The zero-order valence-corrected chi connectivity index (χ0v) is 5.52. The number of piperidine rings is 1. The van der Waals surface area contributed by atoms with E-state index in [2.05, 4.69) is 19.2 Å². The second-order valence-electron chi connectivity index (χ2n) is 3.35. The van der Waals surface area contributed by atoms with E-state index in [4.69, 9.17) is 0 Å². The van der Waals surface area contributed by atoms with Gasteiger partial charge in [-0.1, -0.05) is 6.92 Å². The Bertz CT molecular complexity index is 99.0. The van der Waals surface area contributed by atoms with E-state index in [9.17, 15) is 0 Å². The van der Waals surface area contributed by atoms with Crippen molar-refractivity contribution in [2.45, 2.75) is 32.4 Å². The van der Waals surface area contributed by atoms with Crippen LogP contribution in [0.4, 0.5) is 0 Å². The Kier molecular flexibility index (Phi) is 0.762. The molecule has 8 heavy (non-hydrogen) atoms. The van der Waals surface area contributed by atoms with E-state index in [0.29, 0.717) is 0 Å². The lowest BCUT2D eigenvalue weighted by Crippen LogP contribution is -2.23. The number of hydrogen-bond donors (Lipinski definition) is 1. The minimum absolute atomic E-state index is 0.807. The average molecular weight is 111 g/mol. The Hall–Kier alpha value is -0.0400. The first-order valence-electron chi connectivity index (χ1n) is 3.55. The minimum Gasteiger partial charge on any atom is -0.311 e. The van der Waals surface area contributed by atoms with E-state index in [1.54, 1.807) is 0 Å². The summed E-state index contributed by atoms with van der Waals surface area (Å²) in [6.07, 6.45) is 1.42. The molecule has 0 aromatic rings. The van der Waals surface area contributed by atoms with Crippen LogP contribution >= 0.6 is 0 Å². The predicted molar refractivity (Wildman–Crippen MR) is 33.7 cm³/mol. The van der Waals surface area contributed by atoms with Crippen LogP contribution in [-0.4, -0.2) is 12.1 Å². The van der Waals surface area contributed by atoms with Crippen LogP contribution < -0.4 is 5.32 Å². The molecule has 4 atom stereocenters. The lowest BCUT2D eigenvalue weighted by Gasteiger charge is -2.05. The fourth-order valence-electron chi connectivity index (χ4n) is 1.99. The summed E-state index contributed by atoms with van der Waals surface area (Å²) in [5, 5.41) is 3.54. The van der Waals surface area contributed by atoms with Crippen LogP contribution in [0.1, 0.15) is 20.3 Å². The third-order valence-corrected chi connectivity index (χ3v) is 2.66. The minimum atomic E-state index is 0.807. The van der Waals surface area contributed by atoms with Crippen LogP contribution in [0, 0.1) is 11.8 Å². The molecule has 1 saturated heterocycles. The molecule has 46 valence electrons. The summed E-state index contributed by atoms with van der Waals surface area (Å²) in [6.45, 7) is 4.62. The largest absolute Gasteiger partial charge is 0.311 e. The van der Waals surface area contributed by atoms with Gasteiger partial charge in [0.05, 0.1) is 0 Å². The Labute approximate surface area is 50.5 Å². The average Bonchev–Trinajstić information content (AvgIpc) is 2.29. The molecule has 1 aliphatic heterocycles. The number of rotatable bonds is 0. The highest BCUT2D eigenvalue weighted by Gasteiger charge is 2.51.